The number of halogens is 1. The van der Waals surface area contributed by atoms with Crippen LogP contribution < -0.4 is 0 Å². The van der Waals surface area contributed by atoms with Crippen LogP contribution >= 0.6 is 15.9 Å². The van der Waals surface area contributed by atoms with E-state index in [1.54, 1.807) is 0 Å². The molecular formula is C26H47BrO4. The number of allylic oxidation sites excluding steroid dienone is 2. The Labute approximate surface area is 200 Å². The third-order valence-corrected chi connectivity index (χ3v) is 5.34. The van der Waals surface area contributed by atoms with Gasteiger partial charge in [0.1, 0.15) is 0 Å². The van der Waals surface area contributed by atoms with Gasteiger partial charge >= 0.3 is 5.97 Å². The van der Waals surface area contributed by atoms with Crippen molar-refractivity contribution in [1.29, 1.82) is 0 Å². The number of rotatable bonds is 23. The summed E-state index contributed by atoms with van der Waals surface area (Å²) in [5.74, 6) is -0.0824. The Morgan fingerprint density at radius 1 is 0.742 bits per heavy atom. The van der Waals surface area contributed by atoms with Crippen molar-refractivity contribution < 1.29 is 19.0 Å². The number of carbonyl (C=O) groups excluding carboxylic acids is 1. The Kier molecular flexibility index (Phi) is 25.1. The first kappa shape index (κ1) is 30.4. The summed E-state index contributed by atoms with van der Waals surface area (Å²) in [7, 11) is 0. The van der Waals surface area contributed by atoms with Crippen molar-refractivity contribution in [2.45, 2.75) is 110 Å². The van der Waals surface area contributed by atoms with E-state index in [0.29, 0.717) is 26.2 Å². The van der Waals surface area contributed by atoms with E-state index >= 15 is 0 Å². The molecule has 0 aliphatic rings. The van der Waals surface area contributed by atoms with Gasteiger partial charge in [0.15, 0.2) is 6.29 Å². The van der Waals surface area contributed by atoms with Crippen LogP contribution in [0.4, 0.5) is 0 Å². The summed E-state index contributed by atoms with van der Waals surface area (Å²) in [6, 6.07) is 0. The molecule has 0 aromatic carbocycles. The standard InChI is InChI=1S/C26H47BrO4/c1-3-5-7-10-17-23-30-26(31-24-18-11-8-6-4-2)20-14-13-19-25(28)29-22-16-12-9-15-21-27/h7-8,10-11,26H,3-6,9,12-24H2,1-2H3/b10-7-,11-8-. The van der Waals surface area contributed by atoms with Crippen molar-refractivity contribution in [3.05, 3.63) is 24.3 Å². The Balaban J connectivity index is 3.99. The maximum absolute atomic E-state index is 11.9. The molecular weight excluding hydrogens is 456 g/mol. The Morgan fingerprint density at radius 3 is 1.90 bits per heavy atom. The summed E-state index contributed by atoms with van der Waals surface area (Å²) >= 11 is 3.43. The lowest BCUT2D eigenvalue weighted by Crippen LogP contribution is -2.18. The molecule has 0 N–H and O–H groups in total. The monoisotopic (exact) mass is 502 g/mol. The van der Waals surface area contributed by atoms with Crippen LogP contribution in [0.1, 0.15) is 104 Å². The molecule has 0 saturated carbocycles. The number of hydrogen-bond donors (Lipinski definition) is 0. The summed E-state index contributed by atoms with van der Waals surface area (Å²) in [4.78, 5) is 11.9. The smallest absolute Gasteiger partial charge is 0.305 e. The first-order valence-electron chi connectivity index (χ1n) is 12.5. The fraction of sp³-hybridized carbons (Fsp3) is 0.808. The van der Waals surface area contributed by atoms with Crippen LogP contribution in [0.25, 0.3) is 0 Å². The molecule has 0 aliphatic carbocycles. The molecule has 0 fully saturated rings. The van der Waals surface area contributed by atoms with Gasteiger partial charge < -0.3 is 14.2 Å². The fourth-order valence-corrected chi connectivity index (χ4v) is 3.34. The molecule has 0 spiro atoms. The summed E-state index contributed by atoms with van der Waals surface area (Å²) in [6.07, 6.45) is 22.5. The van der Waals surface area contributed by atoms with E-state index in [-0.39, 0.29) is 12.3 Å². The fourth-order valence-electron chi connectivity index (χ4n) is 2.94. The Morgan fingerprint density at radius 2 is 1.32 bits per heavy atom. The molecule has 0 aliphatic heterocycles. The normalized spacial score (nSPS) is 11.9. The van der Waals surface area contributed by atoms with Crippen molar-refractivity contribution in [1.82, 2.24) is 0 Å². The summed E-state index contributed by atoms with van der Waals surface area (Å²) in [5.41, 5.74) is 0. The zero-order valence-corrected chi connectivity index (χ0v) is 21.7. The minimum atomic E-state index is -0.190. The summed E-state index contributed by atoms with van der Waals surface area (Å²) < 4.78 is 17.2. The van der Waals surface area contributed by atoms with Crippen LogP contribution in [0.3, 0.4) is 0 Å². The molecule has 5 heteroatoms. The maximum atomic E-state index is 11.9. The molecule has 0 bridgehead atoms. The van der Waals surface area contributed by atoms with E-state index in [9.17, 15) is 4.79 Å². The molecule has 0 aromatic heterocycles. The van der Waals surface area contributed by atoms with Crippen molar-refractivity contribution in [3.63, 3.8) is 0 Å². The van der Waals surface area contributed by atoms with E-state index in [1.165, 1.54) is 25.7 Å². The highest BCUT2D eigenvalue weighted by Crippen LogP contribution is 2.11. The topological polar surface area (TPSA) is 44.8 Å². The van der Waals surface area contributed by atoms with Gasteiger partial charge in [0.2, 0.25) is 0 Å². The predicted octanol–water partition coefficient (Wildman–Crippen LogP) is 7.90. The summed E-state index contributed by atoms with van der Waals surface area (Å²) in [6.45, 7) is 6.26. The van der Waals surface area contributed by atoms with Crippen LogP contribution in [0.2, 0.25) is 0 Å². The number of hydrogen-bond acceptors (Lipinski definition) is 4. The first-order valence-corrected chi connectivity index (χ1v) is 13.6. The maximum Gasteiger partial charge on any atom is 0.305 e. The van der Waals surface area contributed by atoms with E-state index in [2.05, 4.69) is 54.1 Å². The lowest BCUT2D eigenvalue weighted by Gasteiger charge is -2.18. The van der Waals surface area contributed by atoms with Crippen LogP contribution in [0.15, 0.2) is 24.3 Å². The van der Waals surface area contributed by atoms with Gasteiger partial charge in [0, 0.05) is 11.8 Å². The van der Waals surface area contributed by atoms with Crippen molar-refractivity contribution in [2.75, 3.05) is 25.2 Å². The van der Waals surface area contributed by atoms with E-state index < -0.39 is 0 Å². The number of unbranched alkanes of at least 4 members (excludes halogenated alkanes) is 6. The molecule has 0 amide bonds. The number of esters is 1. The highest BCUT2D eigenvalue weighted by molar-refractivity contribution is 9.09. The predicted molar refractivity (Wildman–Crippen MR) is 135 cm³/mol. The largest absolute Gasteiger partial charge is 0.466 e. The van der Waals surface area contributed by atoms with Crippen LogP contribution in [-0.4, -0.2) is 37.4 Å². The quantitative estimate of drug-likeness (QED) is 0.0467. The minimum absolute atomic E-state index is 0.0824. The van der Waals surface area contributed by atoms with E-state index in [1.807, 2.05) is 0 Å². The van der Waals surface area contributed by atoms with Crippen molar-refractivity contribution in [3.8, 4) is 0 Å². The second-order valence-corrected chi connectivity index (χ2v) is 8.63. The van der Waals surface area contributed by atoms with Crippen LogP contribution in [0, 0.1) is 0 Å². The second kappa shape index (κ2) is 25.6. The van der Waals surface area contributed by atoms with Gasteiger partial charge in [0.25, 0.3) is 0 Å². The zero-order valence-electron chi connectivity index (χ0n) is 20.1. The number of ether oxygens (including phenoxy) is 3. The first-order chi connectivity index (χ1) is 15.2. The van der Waals surface area contributed by atoms with E-state index in [0.717, 1.165) is 63.1 Å². The van der Waals surface area contributed by atoms with Crippen LogP contribution in [0.5, 0.6) is 0 Å². The SMILES string of the molecule is CCC/C=C\CCOC(CCCCC(=O)OCCCCCCBr)OCC/C=C\CCC. The average molecular weight is 504 g/mol. The molecule has 4 nitrogen and oxygen atoms in total. The molecule has 0 radical (unpaired) electrons. The summed E-state index contributed by atoms with van der Waals surface area (Å²) in [5, 5.41) is 1.05. The molecule has 0 aromatic rings. The highest BCUT2D eigenvalue weighted by Gasteiger charge is 2.10. The molecule has 182 valence electrons. The number of carbonyl (C=O) groups is 1. The molecule has 0 rings (SSSR count). The van der Waals surface area contributed by atoms with Gasteiger partial charge in [-0.3, -0.25) is 4.79 Å². The molecule has 0 saturated heterocycles. The van der Waals surface area contributed by atoms with Gasteiger partial charge in [-0.2, -0.15) is 0 Å². The third kappa shape index (κ3) is 23.8. The highest BCUT2D eigenvalue weighted by atomic mass is 79.9. The zero-order chi connectivity index (χ0) is 22.8. The lowest BCUT2D eigenvalue weighted by molar-refractivity contribution is -0.147. The van der Waals surface area contributed by atoms with E-state index in [4.69, 9.17) is 14.2 Å². The van der Waals surface area contributed by atoms with Gasteiger partial charge in [-0.15, -0.1) is 0 Å². The third-order valence-electron chi connectivity index (χ3n) is 4.78. The van der Waals surface area contributed by atoms with Crippen molar-refractivity contribution in [2.24, 2.45) is 0 Å². The Bertz CT molecular complexity index is 415. The average Bonchev–Trinajstić information content (AvgIpc) is 2.77. The van der Waals surface area contributed by atoms with Crippen LogP contribution in [-0.2, 0) is 19.0 Å². The second-order valence-electron chi connectivity index (χ2n) is 7.84. The lowest BCUT2D eigenvalue weighted by atomic mass is 10.2. The van der Waals surface area contributed by atoms with Gasteiger partial charge in [-0.25, -0.2) is 0 Å². The molecule has 0 atom stereocenters. The minimum Gasteiger partial charge on any atom is -0.466 e. The molecule has 0 unspecified atom stereocenters. The van der Waals surface area contributed by atoms with Crippen molar-refractivity contribution >= 4 is 21.9 Å². The Hall–Kier alpha value is -0.650. The molecule has 0 heterocycles. The van der Waals surface area contributed by atoms with Gasteiger partial charge in [-0.1, -0.05) is 79.8 Å². The molecule has 31 heavy (non-hydrogen) atoms. The van der Waals surface area contributed by atoms with Gasteiger partial charge in [0.05, 0.1) is 19.8 Å². The number of alkyl halides is 1. The van der Waals surface area contributed by atoms with Gasteiger partial charge in [-0.05, 0) is 57.8 Å².